The van der Waals surface area contributed by atoms with Crippen LogP contribution in [-0.4, -0.2) is 5.11 Å². The lowest BCUT2D eigenvalue weighted by Gasteiger charge is -2.04. The van der Waals surface area contributed by atoms with E-state index in [1.54, 1.807) is 0 Å². The van der Waals surface area contributed by atoms with Gasteiger partial charge >= 0.3 is 0 Å². The summed E-state index contributed by atoms with van der Waals surface area (Å²) in [6.07, 6.45) is 0. The van der Waals surface area contributed by atoms with Crippen molar-refractivity contribution in [1.82, 2.24) is 0 Å². The molecule has 0 radical (unpaired) electrons. The van der Waals surface area contributed by atoms with Crippen LogP contribution in [0, 0.1) is 10.5 Å². The van der Waals surface area contributed by atoms with Gasteiger partial charge < -0.3 is 5.11 Å². The Bertz CT molecular complexity index is 273. The monoisotopic (exact) mass is 326 g/mol. The van der Waals surface area contributed by atoms with Crippen LogP contribution in [0.2, 0.25) is 0 Å². The molecular formula is C8H8BrIO. The van der Waals surface area contributed by atoms with Gasteiger partial charge in [-0.1, -0.05) is 15.9 Å². The van der Waals surface area contributed by atoms with Crippen LogP contribution in [0.5, 0.6) is 0 Å². The van der Waals surface area contributed by atoms with Crippen LogP contribution < -0.4 is 0 Å². The van der Waals surface area contributed by atoms with E-state index in [1.165, 1.54) is 0 Å². The van der Waals surface area contributed by atoms with Gasteiger partial charge in [-0.3, -0.25) is 0 Å². The van der Waals surface area contributed by atoms with Crippen molar-refractivity contribution in [1.29, 1.82) is 0 Å². The maximum atomic E-state index is 8.94. The molecule has 0 unspecified atom stereocenters. The third kappa shape index (κ3) is 2.16. The Labute approximate surface area is 88.1 Å². The molecule has 0 aliphatic carbocycles. The van der Waals surface area contributed by atoms with Gasteiger partial charge in [-0.05, 0) is 52.8 Å². The van der Waals surface area contributed by atoms with Crippen LogP contribution in [0.15, 0.2) is 16.6 Å². The molecule has 0 fully saturated rings. The summed E-state index contributed by atoms with van der Waals surface area (Å²) < 4.78 is 2.21. The van der Waals surface area contributed by atoms with Crippen LogP contribution in [0.3, 0.4) is 0 Å². The van der Waals surface area contributed by atoms with Crippen molar-refractivity contribution in [3.8, 4) is 0 Å². The molecule has 1 aromatic rings. The number of benzene rings is 1. The number of halogens is 2. The molecule has 0 aliphatic heterocycles. The SMILES string of the molecule is Cc1c(Br)cc(I)cc1CO. The van der Waals surface area contributed by atoms with Crippen LogP contribution in [0.1, 0.15) is 11.1 Å². The first kappa shape index (κ1) is 9.48. The fourth-order valence-corrected chi connectivity index (χ4v) is 2.48. The van der Waals surface area contributed by atoms with Crippen LogP contribution in [0.4, 0.5) is 0 Å². The van der Waals surface area contributed by atoms with Crippen LogP contribution in [-0.2, 0) is 6.61 Å². The maximum Gasteiger partial charge on any atom is 0.0685 e. The summed E-state index contributed by atoms with van der Waals surface area (Å²) in [4.78, 5) is 0. The highest BCUT2D eigenvalue weighted by Crippen LogP contribution is 2.22. The van der Waals surface area contributed by atoms with E-state index in [4.69, 9.17) is 5.11 Å². The first-order valence-corrected chi connectivity index (χ1v) is 5.07. The molecule has 3 heteroatoms. The van der Waals surface area contributed by atoms with E-state index in [1.807, 2.05) is 19.1 Å². The van der Waals surface area contributed by atoms with Crippen molar-refractivity contribution in [3.05, 3.63) is 31.3 Å². The van der Waals surface area contributed by atoms with Gasteiger partial charge in [-0.25, -0.2) is 0 Å². The normalized spacial score (nSPS) is 10.2. The zero-order chi connectivity index (χ0) is 8.43. The molecule has 0 atom stereocenters. The molecule has 1 rings (SSSR count). The molecule has 0 saturated carbocycles. The average molecular weight is 327 g/mol. The Kier molecular flexibility index (Phi) is 3.33. The average Bonchev–Trinajstić information content (AvgIpc) is 1.96. The molecule has 0 saturated heterocycles. The summed E-state index contributed by atoms with van der Waals surface area (Å²) in [6.45, 7) is 2.10. The molecule has 0 aliphatic rings. The lowest BCUT2D eigenvalue weighted by molar-refractivity contribution is 0.281. The number of aliphatic hydroxyl groups excluding tert-OH is 1. The number of rotatable bonds is 1. The topological polar surface area (TPSA) is 20.2 Å². The fraction of sp³-hybridized carbons (Fsp3) is 0.250. The first-order chi connectivity index (χ1) is 5.15. The van der Waals surface area contributed by atoms with E-state index in [-0.39, 0.29) is 6.61 Å². The van der Waals surface area contributed by atoms with Gasteiger partial charge in [-0.2, -0.15) is 0 Å². The molecule has 0 bridgehead atoms. The zero-order valence-corrected chi connectivity index (χ0v) is 9.81. The van der Waals surface area contributed by atoms with E-state index < -0.39 is 0 Å². The van der Waals surface area contributed by atoms with Gasteiger partial charge in [0.2, 0.25) is 0 Å². The van der Waals surface area contributed by atoms with Gasteiger partial charge in [0, 0.05) is 8.04 Å². The highest BCUT2D eigenvalue weighted by Gasteiger charge is 2.02. The zero-order valence-electron chi connectivity index (χ0n) is 6.06. The minimum atomic E-state index is 0.112. The van der Waals surface area contributed by atoms with Crippen molar-refractivity contribution in [2.75, 3.05) is 0 Å². The quantitative estimate of drug-likeness (QED) is 0.787. The van der Waals surface area contributed by atoms with Gasteiger partial charge in [0.15, 0.2) is 0 Å². The van der Waals surface area contributed by atoms with E-state index in [9.17, 15) is 0 Å². The lowest BCUT2D eigenvalue weighted by atomic mass is 10.1. The highest BCUT2D eigenvalue weighted by molar-refractivity contribution is 14.1. The van der Waals surface area contributed by atoms with Crippen molar-refractivity contribution in [2.24, 2.45) is 0 Å². The van der Waals surface area contributed by atoms with Crippen molar-refractivity contribution >= 4 is 38.5 Å². The minimum absolute atomic E-state index is 0.112. The number of hydrogen-bond acceptors (Lipinski definition) is 1. The van der Waals surface area contributed by atoms with E-state index in [2.05, 4.69) is 38.5 Å². The van der Waals surface area contributed by atoms with E-state index >= 15 is 0 Å². The summed E-state index contributed by atoms with van der Waals surface area (Å²) in [6, 6.07) is 4.02. The smallest absolute Gasteiger partial charge is 0.0685 e. The molecule has 0 heterocycles. The summed E-state index contributed by atoms with van der Waals surface area (Å²) in [5.41, 5.74) is 2.11. The Morgan fingerprint density at radius 2 is 2.18 bits per heavy atom. The van der Waals surface area contributed by atoms with Crippen molar-refractivity contribution in [3.63, 3.8) is 0 Å². The highest BCUT2D eigenvalue weighted by atomic mass is 127. The molecule has 0 aromatic heterocycles. The van der Waals surface area contributed by atoms with Gasteiger partial charge in [0.1, 0.15) is 0 Å². The minimum Gasteiger partial charge on any atom is -0.392 e. The van der Waals surface area contributed by atoms with E-state index in [0.717, 1.165) is 19.2 Å². The number of aliphatic hydroxyl groups is 1. The molecule has 1 N–H and O–H groups in total. The number of hydrogen-bond donors (Lipinski definition) is 1. The Balaban J connectivity index is 3.24. The molecular weight excluding hydrogens is 319 g/mol. The largest absolute Gasteiger partial charge is 0.392 e. The molecule has 11 heavy (non-hydrogen) atoms. The standard InChI is InChI=1S/C8H8BrIO/c1-5-6(4-11)2-7(10)3-8(5)9/h2-3,11H,4H2,1H3. The lowest BCUT2D eigenvalue weighted by Crippen LogP contribution is -1.90. The van der Waals surface area contributed by atoms with Gasteiger partial charge in [0.05, 0.1) is 6.61 Å². The molecule has 1 aromatic carbocycles. The second-order valence-electron chi connectivity index (χ2n) is 2.33. The summed E-state index contributed by atoms with van der Waals surface area (Å²) >= 11 is 5.65. The first-order valence-electron chi connectivity index (χ1n) is 3.20. The summed E-state index contributed by atoms with van der Waals surface area (Å²) in [5, 5.41) is 8.94. The molecule has 0 amide bonds. The van der Waals surface area contributed by atoms with Crippen molar-refractivity contribution < 1.29 is 5.11 Å². The van der Waals surface area contributed by atoms with Crippen molar-refractivity contribution in [2.45, 2.75) is 13.5 Å². The van der Waals surface area contributed by atoms with Crippen LogP contribution in [0.25, 0.3) is 0 Å². The summed E-state index contributed by atoms with van der Waals surface area (Å²) in [7, 11) is 0. The molecule has 1 nitrogen and oxygen atoms in total. The fourth-order valence-electron chi connectivity index (χ4n) is 0.863. The molecule has 60 valence electrons. The van der Waals surface area contributed by atoms with Crippen LogP contribution >= 0.6 is 38.5 Å². The predicted molar refractivity (Wildman–Crippen MR) is 57.5 cm³/mol. The Hall–Kier alpha value is 0.390. The third-order valence-electron chi connectivity index (χ3n) is 1.59. The summed E-state index contributed by atoms with van der Waals surface area (Å²) in [5.74, 6) is 0. The second kappa shape index (κ2) is 3.87. The molecule has 0 spiro atoms. The second-order valence-corrected chi connectivity index (χ2v) is 4.43. The Morgan fingerprint density at radius 1 is 1.55 bits per heavy atom. The van der Waals surface area contributed by atoms with Gasteiger partial charge in [0.25, 0.3) is 0 Å². The third-order valence-corrected chi connectivity index (χ3v) is 3.03. The Morgan fingerprint density at radius 3 is 2.73 bits per heavy atom. The predicted octanol–water partition coefficient (Wildman–Crippen LogP) is 2.85. The van der Waals surface area contributed by atoms with Gasteiger partial charge in [-0.15, -0.1) is 0 Å². The maximum absolute atomic E-state index is 8.94. The van der Waals surface area contributed by atoms with E-state index in [0.29, 0.717) is 0 Å².